The van der Waals surface area contributed by atoms with E-state index in [2.05, 4.69) is 4.98 Å². The molecule has 0 aliphatic rings. The summed E-state index contributed by atoms with van der Waals surface area (Å²) in [7, 11) is 1.54. The van der Waals surface area contributed by atoms with Gasteiger partial charge in [0.1, 0.15) is 6.61 Å². The number of hydrogen-bond donors (Lipinski definition) is 0. The van der Waals surface area contributed by atoms with E-state index in [1.54, 1.807) is 10.5 Å². The first-order chi connectivity index (χ1) is 14.0. The lowest BCUT2D eigenvalue weighted by atomic mass is 10.2. The fourth-order valence-electron chi connectivity index (χ4n) is 2.92. The van der Waals surface area contributed by atoms with Crippen LogP contribution in [0.1, 0.15) is 11.3 Å². The summed E-state index contributed by atoms with van der Waals surface area (Å²) in [6.07, 6.45) is 0. The van der Waals surface area contributed by atoms with E-state index >= 15 is 0 Å². The molecule has 0 saturated carbocycles. The van der Waals surface area contributed by atoms with E-state index in [0.29, 0.717) is 22.2 Å². The fourth-order valence-corrected chi connectivity index (χ4v) is 3.97. The second kappa shape index (κ2) is 7.92. The minimum Gasteiger partial charge on any atom is -0.493 e. The molecule has 0 amide bonds. The van der Waals surface area contributed by atoms with Crippen molar-refractivity contribution in [3.63, 3.8) is 0 Å². The zero-order valence-corrected chi connectivity index (χ0v) is 16.7. The van der Waals surface area contributed by atoms with E-state index < -0.39 is 5.97 Å². The fraction of sp³-hybridized carbons (Fsp3) is 0.190. The summed E-state index contributed by atoms with van der Waals surface area (Å²) in [4.78, 5) is 29.5. The van der Waals surface area contributed by atoms with Crippen LogP contribution in [0.25, 0.3) is 15.2 Å². The van der Waals surface area contributed by atoms with Crippen LogP contribution in [0.5, 0.6) is 11.5 Å². The molecule has 0 radical (unpaired) electrons. The van der Waals surface area contributed by atoms with Crippen molar-refractivity contribution in [3.8, 4) is 11.5 Å². The van der Waals surface area contributed by atoms with Gasteiger partial charge in [0, 0.05) is 6.07 Å². The van der Waals surface area contributed by atoms with Gasteiger partial charge in [0.15, 0.2) is 23.1 Å². The molecule has 2 aromatic carbocycles. The molecule has 0 N–H and O–H groups in total. The summed E-state index contributed by atoms with van der Waals surface area (Å²) in [6.45, 7) is 1.56. The number of methoxy groups -OCH3 is 1. The van der Waals surface area contributed by atoms with Gasteiger partial charge in [-0.1, -0.05) is 29.5 Å². The molecule has 0 aliphatic carbocycles. The molecular formula is C21H18N2O5S. The van der Waals surface area contributed by atoms with Crippen molar-refractivity contribution < 1.29 is 19.0 Å². The van der Waals surface area contributed by atoms with Crippen LogP contribution >= 0.6 is 11.3 Å². The number of carbonyl (C=O) groups is 1. The lowest BCUT2D eigenvalue weighted by Crippen LogP contribution is -2.18. The molecule has 4 rings (SSSR count). The number of para-hydroxylation sites is 1. The predicted molar refractivity (Wildman–Crippen MR) is 110 cm³/mol. The van der Waals surface area contributed by atoms with Crippen LogP contribution in [0.4, 0.5) is 0 Å². The average molecular weight is 410 g/mol. The molecule has 4 aromatic rings. The summed E-state index contributed by atoms with van der Waals surface area (Å²) in [5, 5.41) is 0. The highest BCUT2D eigenvalue weighted by molar-refractivity contribution is 7.23. The van der Waals surface area contributed by atoms with Crippen molar-refractivity contribution in [1.82, 2.24) is 9.38 Å². The molecule has 7 nitrogen and oxygen atoms in total. The normalized spacial score (nSPS) is 11.0. The Labute approximate surface area is 170 Å². The van der Waals surface area contributed by atoms with Gasteiger partial charge in [-0.05, 0) is 36.8 Å². The van der Waals surface area contributed by atoms with Gasteiger partial charge >= 0.3 is 5.97 Å². The van der Waals surface area contributed by atoms with Gasteiger partial charge in [-0.2, -0.15) is 0 Å². The largest absolute Gasteiger partial charge is 0.493 e. The Morgan fingerprint density at radius 2 is 1.97 bits per heavy atom. The molecule has 0 atom stereocenters. The average Bonchev–Trinajstić information content (AvgIpc) is 3.10. The van der Waals surface area contributed by atoms with E-state index in [9.17, 15) is 9.59 Å². The second-order valence-electron chi connectivity index (χ2n) is 6.38. The van der Waals surface area contributed by atoms with Crippen LogP contribution in [-0.4, -0.2) is 29.1 Å². The second-order valence-corrected chi connectivity index (χ2v) is 7.39. The number of esters is 1. The standard InChI is InChI=1S/C21H18N2O5S/c1-13-7-8-16(17(9-13)26-2)27-12-20(25)28-11-14-10-19(24)23-15-5-3-4-6-18(15)29-21(23)22-14/h3-10H,11-12H2,1-2H3. The number of aryl methyl sites for hydroxylation is 1. The van der Waals surface area contributed by atoms with E-state index in [1.165, 1.54) is 24.5 Å². The molecule has 29 heavy (non-hydrogen) atoms. The molecule has 2 heterocycles. The van der Waals surface area contributed by atoms with Crippen molar-refractivity contribution in [1.29, 1.82) is 0 Å². The molecule has 0 fully saturated rings. The molecule has 0 bridgehead atoms. The first-order valence-corrected chi connectivity index (χ1v) is 9.70. The maximum absolute atomic E-state index is 12.5. The maximum Gasteiger partial charge on any atom is 0.344 e. The Morgan fingerprint density at radius 1 is 1.14 bits per heavy atom. The SMILES string of the molecule is COc1cc(C)ccc1OCC(=O)OCc1cc(=O)n2c(n1)sc1ccccc12. The Hall–Kier alpha value is -3.39. The zero-order valence-electron chi connectivity index (χ0n) is 15.9. The number of aromatic nitrogens is 2. The Balaban J connectivity index is 1.43. The van der Waals surface area contributed by atoms with Crippen molar-refractivity contribution in [2.24, 2.45) is 0 Å². The molecule has 0 spiro atoms. The van der Waals surface area contributed by atoms with E-state index in [4.69, 9.17) is 14.2 Å². The molecule has 0 aliphatic heterocycles. The molecule has 2 aromatic heterocycles. The number of fused-ring (bicyclic) bond motifs is 3. The first-order valence-electron chi connectivity index (χ1n) is 8.88. The van der Waals surface area contributed by atoms with Gasteiger partial charge in [0.2, 0.25) is 0 Å². The third-order valence-corrected chi connectivity index (χ3v) is 5.32. The van der Waals surface area contributed by atoms with E-state index in [-0.39, 0.29) is 18.8 Å². The predicted octanol–water partition coefficient (Wildman–Crippen LogP) is 3.35. The number of hydrogen-bond acceptors (Lipinski definition) is 7. The summed E-state index contributed by atoms with van der Waals surface area (Å²) in [6, 6.07) is 14.4. The number of nitrogens with zero attached hydrogens (tertiary/aromatic N) is 2. The van der Waals surface area contributed by atoms with Crippen LogP contribution in [-0.2, 0) is 16.1 Å². The van der Waals surface area contributed by atoms with Gasteiger partial charge in [0.05, 0.1) is 23.0 Å². The third-order valence-electron chi connectivity index (χ3n) is 4.29. The molecule has 0 saturated heterocycles. The maximum atomic E-state index is 12.5. The van der Waals surface area contributed by atoms with Crippen molar-refractivity contribution in [3.05, 3.63) is 70.1 Å². The van der Waals surface area contributed by atoms with Crippen LogP contribution in [0.3, 0.4) is 0 Å². The van der Waals surface area contributed by atoms with Gasteiger partial charge in [0.25, 0.3) is 5.56 Å². The van der Waals surface area contributed by atoms with Crippen molar-refractivity contribution in [2.45, 2.75) is 13.5 Å². The monoisotopic (exact) mass is 410 g/mol. The number of benzene rings is 2. The number of thiazole rings is 1. The Morgan fingerprint density at radius 3 is 2.79 bits per heavy atom. The summed E-state index contributed by atoms with van der Waals surface area (Å²) in [5.41, 5.74) is 2.02. The minimum absolute atomic E-state index is 0.104. The highest BCUT2D eigenvalue weighted by atomic mass is 32.1. The van der Waals surface area contributed by atoms with Gasteiger partial charge in [-0.3, -0.25) is 9.20 Å². The third kappa shape index (κ3) is 3.93. The highest BCUT2D eigenvalue weighted by Crippen LogP contribution is 2.27. The highest BCUT2D eigenvalue weighted by Gasteiger charge is 2.12. The van der Waals surface area contributed by atoms with Crippen molar-refractivity contribution >= 4 is 32.5 Å². The molecule has 0 unspecified atom stereocenters. The van der Waals surface area contributed by atoms with Crippen LogP contribution in [0, 0.1) is 6.92 Å². The van der Waals surface area contributed by atoms with Gasteiger partial charge < -0.3 is 14.2 Å². The van der Waals surface area contributed by atoms with Gasteiger partial charge in [-0.15, -0.1) is 0 Å². The minimum atomic E-state index is -0.564. The lowest BCUT2D eigenvalue weighted by molar-refractivity contribution is -0.147. The number of rotatable bonds is 6. The molecular weight excluding hydrogens is 392 g/mol. The lowest BCUT2D eigenvalue weighted by Gasteiger charge is -2.11. The molecule has 8 heteroatoms. The summed E-state index contributed by atoms with van der Waals surface area (Å²) < 4.78 is 18.5. The molecule has 148 valence electrons. The van der Waals surface area contributed by atoms with Crippen molar-refractivity contribution in [2.75, 3.05) is 13.7 Å². The zero-order chi connectivity index (χ0) is 20.4. The number of ether oxygens (including phenoxy) is 3. The first kappa shape index (κ1) is 18.9. The Kier molecular flexibility index (Phi) is 5.18. The summed E-state index contributed by atoms with van der Waals surface area (Å²) >= 11 is 1.41. The van der Waals surface area contributed by atoms with Crippen LogP contribution in [0.15, 0.2) is 53.3 Å². The summed E-state index contributed by atoms with van der Waals surface area (Å²) in [5.74, 6) is 0.437. The van der Waals surface area contributed by atoms with Gasteiger partial charge in [-0.25, -0.2) is 9.78 Å². The van der Waals surface area contributed by atoms with Crippen LogP contribution < -0.4 is 15.0 Å². The van der Waals surface area contributed by atoms with E-state index in [0.717, 1.165) is 15.8 Å². The van der Waals surface area contributed by atoms with E-state index in [1.807, 2.05) is 43.3 Å². The quantitative estimate of drug-likeness (QED) is 0.454. The smallest absolute Gasteiger partial charge is 0.344 e. The van der Waals surface area contributed by atoms with Crippen LogP contribution in [0.2, 0.25) is 0 Å². The topological polar surface area (TPSA) is 79.1 Å². The number of carbonyl (C=O) groups excluding carboxylic acids is 1. The Bertz CT molecular complexity index is 1260.